The fraction of sp³-hybridized carbons (Fsp3) is 0.278. The molecule has 0 bridgehead atoms. The van der Waals surface area contributed by atoms with Gasteiger partial charge in [0.15, 0.2) is 0 Å². The summed E-state index contributed by atoms with van der Waals surface area (Å²) in [5.41, 5.74) is 0.640. The molecule has 26 heavy (non-hydrogen) atoms. The fourth-order valence-corrected chi connectivity index (χ4v) is 2.91. The Labute approximate surface area is 159 Å². The van der Waals surface area contributed by atoms with Crippen LogP contribution in [0.5, 0.6) is 0 Å². The maximum Gasteiger partial charge on any atom is 0.355 e. The van der Waals surface area contributed by atoms with Gasteiger partial charge in [-0.25, -0.2) is 14.4 Å². The molecule has 0 saturated heterocycles. The highest BCUT2D eigenvalue weighted by Gasteiger charge is 2.35. The number of methoxy groups -OCH3 is 2. The molecule has 138 valence electrons. The third-order valence-electron chi connectivity index (χ3n) is 3.74. The normalized spacial score (nSPS) is 10.3. The standard InChI is InChI=1S/C18H18BrNO6/c1-5-26-17(22)13-10(2)20(12-8-6-11(19)7-9-12)15(18(23)25-4)14(13)16(21)24-3/h6-9H,5H2,1-4H3. The molecule has 0 N–H and O–H groups in total. The second-order valence-corrected chi connectivity index (χ2v) is 6.12. The van der Waals surface area contributed by atoms with Gasteiger partial charge in [-0.1, -0.05) is 15.9 Å². The van der Waals surface area contributed by atoms with Gasteiger partial charge in [-0.3, -0.25) is 0 Å². The predicted octanol–water partition coefficient (Wildman–Crippen LogP) is 3.30. The summed E-state index contributed by atoms with van der Waals surface area (Å²) in [6.07, 6.45) is 0. The van der Waals surface area contributed by atoms with Crippen LogP contribution in [-0.4, -0.2) is 43.3 Å². The van der Waals surface area contributed by atoms with E-state index >= 15 is 0 Å². The highest BCUT2D eigenvalue weighted by atomic mass is 79.9. The third-order valence-corrected chi connectivity index (χ3v) is 4.27. The second kappa shape index (κ2) is 8.18. The van der Waals surface area contributed by atoms with E-state index in [4.69, 9.17) is 14.2 Å². The molecule has 0 aliphatic heterocycles. The molecule has 0 saturated carbocycles. The maximum atomic E-state index is 12.5. The van der Waals surface area contributed by atoms with E-state index in [0.29, 0.717) is 11.4 Å². The number of aromatic nitrogens is 1. The van der Waals surface area contributed by atoms with Crippen molar-refractivity contribution in [2.24, 2.45) is 0 Å². The summed E-state index contributed by atoms with van der Waals surface area (Å²) < 4.78 is 17.0. The maximum absolute atomic E-state index is 12.5. The van der Waals surface area contributed by atoms with Gasteiger partial charge in [-0.15, -0.1) is 0 Å². The number of esters is 3. The third kappa shape index (κ3) is 3.50. The highest BCUT2D eigenvalue weighted by Crippen LogP contribution is 2.29. The lowest BCUT2D eigenvalue weighted by molar-refractivity contribution is 0.0501. The Kier molecular flexibility index (Phi) is 6.20. The van der Waals surface area contributed by atoms with Crippen molar-refractivity contribution in [3.63, 3.8) is 0 Å². The summed E-state index contributed by atoms with van der Waals surface area (Å²) in [4.78, 5) is 37.3. The van der Waals surface area contributed by atoms with Crippen LogP contribution in [0.1, 0.15) is 43.8 Å². The molecule has 0 unspecified atom stereocenters. The molecule has 2 aromatic rings. The van der Waals surface area contributed by atoms with Gasteiger partial charge in [0, 0.05) is 15.9 Å². The number of benzene rings is 1. The van der Waals surface area contributed by atoms with Gasteiger partial charge in [0.05, 0.1) is 26.4 Å². The van der Waals surface area contributed by atoms with Crippen LogP contribution in [0.25, 0.3) is 5.69 Å². The van der Waals surface area contributed by atoms with Crippen molar-refractivity contribution in [2.75, 3.05) is 20.8 Å². The minimum absolute atomic E-state index is 0.0259. The monoisotopic (exact) mass is 423 g/mol. The molecule has 1 aromatic heterocycles. The van der Waals surface area contributed by atoms with Crippen LogP contribution in [0.3, 0.4) is 0 Å². The van der Waals surface area contributed by atoms with Gasteiger partial charge in [-0.05, 0) is 38.1 Å². The summed E-state index contributed by atoms with van der Waals surface area (Å²) in [7, 11) is 2.37. The van der Waals surface area contributed by atoms with E-state index in [2.05, 4.69) is 15.9 Å². The van der Waals surface area contributed by atoms with Crippen molar-refractivity contribution in [2.45, 2.75) is 13.8 Å². The molecular weight excluding hydrogens is 406 g/mol. The number of carbonyl (C=O) groups is 3. The average molecular weight is 424 g/mol. The number of carbonyl (C=O) groups excluding carboxylic acids is 3. The summed E-state index contributed by atoms with van der Waals surface area (Å²) in [5.74, 6) is -2.31. The first-order valence-corrected chi connectivity index (χ1v) is 8.51. The van der Waals surface area contributed by atoms with Gasteiger partial charge in [0.2, 0.25) is 0 Å². The van der Waals surface area contributed by atoms with Crippen LogP contribution in [0.15, 0.2) is 28.7 Å². The first-order chi connectivity index (χ1) is 12.4. The Morgan fingerprint density at radius 2 is 1.54 bits per heavy atom. The molecule has 0 fully saturated rings. The van der Waals surface area contributed by atoms with Crippen molar-refractivity contribution in [1.82, 2.24) is 4.57 Å². The Hall–Kier alpha value is -2.61. The zero-order valence-corrected chi connectivity index (χ0v) is 16.4. The van der Waals surface area contributed by atoms with E-state index in [1.165, 1.54) is 18.8 Å². The zero-order chi connectivity index (χ0) is 19.4. The first kappa shape index (κ1) is 19.7. The zero-order valence-electron chi connectivity index (χ0n) is 14.8. The minimum Gasteiger partial charge on any atom is -0.465 e. The molecule has 1 aromatic carbocycles. The van der Waals surface area contributed by atoms with Crippen LogP contribution < -0.4 is 0 Å². The molecule has 8 heteroatoms. The van der Waals surface area contributed by atoms with Crippen LogP contribution in [0.4, 0.5) is 0 Å². The molecule has 0 amide bonds. The number of rotatable bonds is 5. The SMILES string of the molecule is CCOC(=O)c1c(C(=O)OC)c(C(=O)OC)n(-c2ccc(Br)cc2)c1C. The molecule has 2 rings (SSSR count). The number of nitrogens with zero attached hydrogens (tertiary/aromatic N) is 1. The largest absolute Gasteiger partial charge is 0.465 e. The molecule has 0 aliphatic rings. The van der Waals surface area contributed by atoms with Gasteiger partial charge in [-0.2, -0.15) is 0 Å². The molecule has 0 spiro atoms. The van der Waals surface area contributed by atoms with E-state index in [0.717, 1.165) is 4.47 Å². The van der Waals surface area contributed by atoms with Crippen LogP contribution >= 0.6 is 15.9 Å². The smallest absolute Gasteiger partial charge is 0.355 e. The summed E-state index contributed by atoms with van der Waals surface area (Å²) in [6.45, 7) is 3.39. The van der Waals surface area contributed by atoms with Crippen molar-refractivity contribution >= 4 is 33.8 Å². The lowest BCUT2D eigenvalue weighted by Crippen LogP contribution is -2.17. The average Bonchev–Trinajstić information content (AvgIpc) is 2.94. The van der Waals surface area contributed by atoms with Crippen molar-refractivity contribution < 1.29 is 28.6 Å². The van der Waals surface area contributed by atoms with E-state index in [1.807, 2.05) is 0 Å². The van der Waals surface area contributed by atoms with Crippen LogP contribution in [-0.2, 0) is 14.2 Å². The highest BCUT2D eigenvalue weighted by molar-refractivity contribution is 9.10. The van der Waals surface area contributed by atoms with Crippen molar-refractivity contribution in [3.8, 4) is 5.69 Å². The number of ether oxygens (including phenoxy) is 3. The van der Waals surface area contributed by atoms with Gasteiger partial charge in [0.25, 0.3) is 0 Å². The van der Waals surface area contributed by atoms with Crippen molar-refractivity contribution in [1.29, 1.82) is 0 Å². The number of halogens is 1. The number of hydrogen-bond acceptors (Lipinski definition) is 6. The Morgan fingerprint density at radius 3 is 2.04 bits per heavy atom. The first-order valence-electron chi connectivity index (χ1n) is 7.72. The van der Waals surface area contributed by atoms with E-state index in [9.17, 15) is 14.4 Å². The molecule has 0 atom stereocenters. The number of hydrogen-bond donors (Lipinski definition) is 0. The van der Waals surface area contributed by atoms with Gasteiger partial charge in [0.1, 0.15) is 11.3 Å². The quantitative estimate of drug-likeness (QED) is 0.541. The molecule has 0 aliphatic carbocycles. The molecule has 1 heterocycles. The molecule has 0 radical (unpaired) electrons. The van der Waals surface area contributed by atoms with E-state index in [1.54, 1.807) is 38.1 Å². The summed E-state index contributed by atoms with van der Waals surface area (Å²) >= 11 is 3.35. The fourth-order valence-electron chi connectivity index (χ4n) is 2.65. The topological polar surface area (TPSA) is 83.8 Å². The lowest BCUT2D eigenvalue weighted by atomic mass is 10.1. The Morgan fingerprint density at radius 1 is 0.962 bits per heavy atom. The second-order valence-electron chi connectivity index (χ2n) is 5.20. The Bertz CT molecular complexity index is 854. The lowest BCUT2D eigenvalue weighted by Gasteiger charge is -2.11. The van der Waals surface area contributed by atoms with E-state index in [-0.39, 0.29) is 23.4 Å². The van der Waals surface area contributed by atoms with Crippen molar-refractivity contribution in [3.05, 3.63) is 51.3 Å². The Balaban J connectivity index is 2.89. The van der Waals surface area contributed by atoms with Crippen LogP contribution in [0.2, 0.25) is 0 Å². The molecule has 7 nitrogen and oxygen atoms in total. The minimum atomic E-state index is -0.826. The van der Waals surface area contributed by atoms with Gasteiger partial charge < -0.3 is 18.8 Å². The van der Waals surface area contributed by atoms with Crippen LogP contribution in [0, 0.1) is 6.92 Å². The predicted molar refractivity (Wildman–Crippen MR) is 96.8 cm³/mol. The van der Waals surface area contributed by atoms with E-state index < -0.39 is 17.9 Å². The summed E-state index contributed by atoms with van der Waals surface area (Å²) in [6, 6.07) is 7.02. The van der Waals surface area contributed by atoms with Gasteiger partial charge >= 0.3 is 17.9 Å². The molecular formula is C18H18BrNO6. The summed E-state index contributed by atoms with van der Waals surface area (Å²) in [5, 5.41) is 0.